The molecule has 1 aromatic carbocycles. The van der Waals surface area contributed by atoms with Crippen molar-refractivity contribution in [3.8, 4) is 5.75 Å². The van der Waals surface area contributed by atoms with Crippen LogP contribution in [-0.2, 0) is 4.79 Å². The Labute approximate surface area is 113 Å². The SMILES string of the molecule is COc1ccc(/C=C/C(=O)NCC2CCNC2)cc1. The van der Waals surface area contributed by atoms with Gasteiger partial charge in [0.1, 0.15) is 5.75 Å². The summed E-state index contributed by atoms with van der Waals surface area (Å²) in [6.07, 6.45) is 4.52. The average Bonchev–Trinajstić information content (AvgIpc) is 2.96. The van der Waals surface area contributed by atoms with Crippen LogP contribution < -0.4 is 15.4 Å². The number of nitrogens with one attached hydrogen (secondary N) is 2. The molecule has 19 heavy (non-hydrogen) atoms. The van der Waals surface area contributed by atoms with Crippen LogP contribution in [-0.4, -0.2) is 32.7 Å². The lowest BCUT2D eigenvalue weighted by molar-refractivity contribution is -0.116. The van der Waals surface area contributed by atoms with Gasteiger partial charge in [-0.1, -0.05) is 12.1 Å². The summed E-state index contributed by atoms with van der Waals surface area (Å²) in [5.74, 6) is 1.34. The monoisotopic (exact) mass is 260 g/mol. The number of ether oxygens (including phenoxy) is 1. The molecule has 0 aliphatic carbocycles. The van der Waals surface area contributed by atoms with Gasteiger partial charge in [-0.15, -0.1) is 0 Å². The highest BCUT2D eigenvalue weighted by Crippen LogP contribution is 2.12. The number of hydrogen-bond donors (Lipinski definition) is 2. The first-order chi connectivity index (χ1) is 9.28. The van der Waals surface area contributed by atoms with Crippen LogP contribution in [0, 0.1) is 5.92 Å². The van der Waals surface area contributed by atoms with Gasteiger partial charge in [-0.05, 0) is 49.2 Å². The Balaban J connectivity index is 1.78. The Bertz CT molecular complexity index is 434. The molecule has 0 spiro atoms. The normalized spacial score (nSPS) is 18.7. The number of benzene rings is 1. The summed E-state index contributed by atoms with van der Waals surface area (Å²) in [4.78, 5) is 11.7. The first-order valence-electron chi connectivity index (χ1n) is 6.58. The lowest BCUT2D eigenvalue weighted by Crippen LogP contribution is -2.28. The molecule has 4 nitrogen and oxygen atoms in total. The molecule has 0 radical (unpaired) electrons. The van der Waals surface area contributed by atoms with Crippen LogP contribution in [0.2, 0.25) is 0 Å². The molecule has 1 heterocycles. The molecule has 2 N–H and O–H groups in total. The fourth-order valence-corrected chi connectivity index (χ4v) is 2.08. The summed E-state index contributed by atoms with van der Waals surface area (Å²) >= 11 is 0. The number of carbonyl (C=O) groups excluding carboxylic acids is 1. The van der Waals surface area contributed by atoms with Crippen molar-refractivity contribution in [2.75, 3.05) is 26.7 Å². The second-order valence-corrected chi connectivity index (χ2v) is 4.71. The summed E-state index contributed by atoms with van der Waals surface area (Å²) in [5, 5.41) is 6.21. The first kappa shape index (κ1) is 13.6. The van der Waals surface area contributed by atoms with Gasteiger partial charge < -0.3 is 15.4 Å². The van der Waals surface area contributed by atoms with Gasteiger partial charge in [0.25, 0.3) is 0 Å². The minimum Gasteiger partial charge on any atom is -0.497 e. The van der Waals surface area contributed by atoms with Gasteiger partial charge in [-0.25, -0.2) is 0 Å². The van der Waals surface area contributed by atoms with Crippen molar-refractivity contribution in [3.05, 3.63) is 35.9 Å². The van der Waals surface area contributed by atoms with Crippen molar-refractivity contribution in [2.24, 2.45) is 5.92 Å². The molecule has 1 saturated heterocycles. The van der Waals surface area contributed by atoms with E-state index >= 15 is 0 Å². The third-order valence-electron chi connectivity index (χ3n) is 3.27. The quantitative estimate of drug-likeness (QED) is 0.788. The Kier molecular flexibility index (Phi) is 4.98. The van der Waals surface area contributed by atoms with E-state index in [0.29, 0.717) is 5.92 Å². The smallest absolute Gasteiger partial charge is 0.244 e. The Morgan fingerprint density at radius 3 is 2.89 bits per heavy atom. The van der Waals surface area contributed by atoms with Gasteiger partial charge in [-0.3, -0.25) is 4.79 Å². The molecule has 2 rings (SSSR count). The third-order valence-corrected chi connectivity index (χ3v) is 3.27. The zero-order chi connectivity index (χ0) is 13.5. The van der Waals surface area contributed by atoms with E-state index in [0.717, 1.165) is 37.4 Å². The summed E-state index contributed by atoms with van der Waals surface area (Å²) in [7, 11) is 1.64. The highest BCUT2D eigenvalue weighted by atomic mass is 16.5. The van der Waals surface area contributed by atoms with Crippen molar-refractivity contribution in [3.63, 3.8) is 0 Å². The van der Waals surface area contributed by atoms with Crippen LogP contribution in [0.5, 0.6) is 5.75 Å². The number of hydrogen-bond acceptors (Lipinski definition) is 3. The fraction of sp³-hybridized carbons (Fsp3) is 0.400. The molecule has 1 fully saturated rings. The van der Waals surface area contributed by atoms with Gasteiger partial charge >= 0.3 is 0 Å². The van der Waals surface area contributed by atoms with Crippen LogP contribution in [0.4, 0.5) is 0 Å². The molecule has 0 bridgehead atoms. The molecule has 102 valence electrons. The second kappa shape index (κ2) is 6.95. The van der Waals surface area contributed by atoms with Crippen molar-refractivity contribution >= 4 is 12.0 Å². The van der Waals surface area contributed by atoms with Gasteiger partial charge in [0.05, 0.1) is 7.11 Å². The lowest BCUT2D eigenvalue weighted by Gasteiger charge is -2.07. The van der Waals surface area contributed by atoms with Gasteiger partial charge in [0.2, 0.25) is 5.91 Å². The standard InChI is InChI=1S/C15H20N2O2/c1-19-14-5-2-12(3-6-14)4-7-15(18)17-11-13-8-9-16-10-13/h2-7,13,16H,8-11H2,1H3,(H,17,18)/b7-4+. The molecule has 0 saturated carbocycles. The number of amides is 1. The maximum atomic E-state index is 11.7. The molecular weight excluding hydrogens is 240 g/mol. The molecule has 1 atom stereocenters. The number of rotatable bonds is 5. The molecule has 1 unspecified atom stereocenters. The number of carbonyl (C=O) groups is 1. The minimum atomic E-state index is -0.0391. The number of methoxy groups -OCH3 is 1. The predicted molar refractivity (Wildman–Crippen MR) is 76.0 cm³/mol. The highest BCUT2D eigenvalue weighted by Gasteiger charge is 2.14. The van der Waals surface area contributed by atoms with Crippen LogP contribution in [0.1, 0.15) is 12.0 Å². The van der Waals surface area contributed by atoms with Gasteiger partial charge in [0.15, 0.2) is 0 Å². The molecule has 4 heteroatoms. The Morgan fingerprint density at radius 1 is 1.47 bits per heavy atom. The second-order valence-electron chi connectivity index (χ2n) is 4.71. The summed E-state index contributed by atoms with van der Waals surface area (Å²) in [5.41, 5.74) is 0.985. The van der Waals surface area contributed by atoms with Crippen molar-refractivity contribution in [1.82, 2.24) is 10.6 Å². The van der Waals surface area contributed by atoms with Crippen molar-refractivity contribution < 1.29 is 9.53 Å². The minimum absolute atomic E-state index is 0.0391. The molecular formula is C15H20N2O2. The molecule has 1 aliphatic heterocycles. The first-order valence-corrected chi connectivity index (χ1v) is 6.58. The van der Waals surface area contributed by atoms with Crippen molar-refractivity contribution in [1.29, 1.82) is 0 Å². The predicted octanol–water partition coefficient (Wildman–Crippen LogP) is 1.43. The Hall–Kier alpha value is -1.81. The highest BCUT2D eigenvalue weighted by molar-refractivity contribution is 5.91. The van der Waals surface area contributed by atoms with E-state index in [4.69, 9.17) is 4.74 Å². The van der Waals surface area contributed by atoms with E-state index in [1.54, 1.807) is 13.2 Å². The summed E-state index contributed by atoms with van der Waals surface area (Å²) in [6.45, 7) is 2.81. The third kappa shape index (κ3) is 4.41. The Morgan fingerprint density at radius 2 is 2.26 bits per heavy atom. The van der Waals surface area contributed by atoms with Gasteiger partial charge in [0, 0.05) is 12.6 Å². The van der Waals surface area contributed by atoms with E-state index < -0.39 is 0 Å². The van der Waals surface area contributed by atoms with E-state index in [9.17, 15) is 4.79 Å². The van der Waals surface area contributed by atoms with Crippen LogP contribution >= 0.6 is 0 Å². The fourth-order valence-electron chi connectivity index (χ4n) is 2.08. The van der Waals surface area contributed by atoms with E-state index in [1.807, 2.05) is 30.3 Å². The molecule has 1 aromatic rings. The maximum Gasteiger partial charge on any atom is 0.244 e. The van der Waals surface area contributed by atoms with Crippen LogP contribution in [0.25, 0.3) is 6.08 Å². The van der Waals surface area contributed by atoms with Crippen LogP contribution in [0.15, 0.2) is 30.3 Å². The molecule has 1 amide bonds. The summed E-state index contributed by atoms with van der Waals surface area (Å²) in [6, 6.07) is 7.59. The maximum absolute atomic E-state index is 11.7. The molecule has 0 aromatic heterocycles. The lowest BCUT2D eigenvalue weighted by atomic mass is 10.1. The van der Waals surface area contributed by atoms with E-state index in [-0.39, 0.29) is 5.91 Å². The van der Waals surface area contributed by atoms with Crippen molar-refractivity contribution in [2.45, 2.75) is 6.42 Å². The van der Waals surface area contributed by atoms with E-state index in [1.165, 1.54) is 0 Å². The van der Waals surface area contributed by atoms with Gasteiger partial charge in [-0.2, -0.15) is 0 Å². The average molecular weight is 260 g/mol. The topological polar surface area (TPSA) is 50.4 Å². The largest absolute Gasteiger partial charge is 0.497 e. The zero-order valence-electron chi connectivity index (χ0n) is 11.2. The van der Waals surface area contributed by atoms with Crippen LogP contribution in [0.3, 0.4) is 0 Å². The summed E-state index contributed by atoms with van der Waals surface area (Å²) < 4.78 is 5.08. The van der Waals surface area contributed by atoms with E-state index in [2.05, 4.69) is 10.6 Å². The zero-order valence-corrected chi connectivity index (χ0v) is 11.2. The molecule has 1 aliphatic rings.